The maximum Gasteiger partial charge on any atom is 0.147 e. The molecule has 1 saturated heterocycles. The molecule has 2 heterocycles. The summed E-state index contributed by atoms with van der Waals surface area (Å²) in [5.74, 6) is 0.956. The first-order valence-electron chi connectivity index (χ1n) is 6.00. The van der Waals surface area contributed by atoms with E-state index >= 15 is 0 Å². The minimum absolute atomic E-state index is 0.533. The van der Waals surface area contributed by atoms with Gasteiger partial charge in [0.15, 0.2) is 0 Å². The van der Waals surface area contributed by atoms with Gasteiger partial charge in [-0.3, -0.25) is 4.98 Å². The average molecular weight is 228 g/mol. The summed E-state index contributed by atoms with van der Waals surface area (Å²) in [5.41, 5.74) is 1.91. The zero-order valence-corrected chi connectivity index (χ0v) is 9.93. The van der Waals surface area contributed by atoms with Gasteiger partial charge in [-0.25, -0.2) is 4.98 Å². The molecule has 1 fully saturated rings. The van der Waals surface area contributed by atoms with Crippen LogP contribution in [0.4, 0.5) is 5.82 Å². The standard InChI is InChI=1S/C13H16N4/c1-17(10-6-7-14-8-10)13-9-15-11-4-2-3-5-12(11)16-13/h2-5,9-10,14H,6-8H2,1H3/t10-/m1/s1. The lowest BCUT2D eigenvalue weighted by molar-refractivity contribution is 0.678. The maximum atomic E-state index is 4.66. The van der Waals surface area contributed by atoms with Crippen LogP contribution in [0.1, 0.15) is 6.42 Å². The van der Waals surface area contributed by atoms with Crippen LogP contribution >= 0.6 is 0 Å². The number of para-hydroxylation sites is 2. The van der Waals surface area contributed by atoms with Gasteiger partial charge in [-0.15, -0.1) is 0 Å². The Morgan fingerprint density at radius 1 is 1.29 bits per heavy atom. The van der Waals surface area contributed by atoms with Crippen LogP contribution in [0.2, 0.25) is 0 Å². The van der Waals surface area contributed by atoms with Gasteiger partial charge in [0.05, 0.1) is 17.2 Å². The fraction of sp³-hybridized carbons (Fsp3) is 0.385. The predicted octanol–water partition coefficient (Wildman–Crippen LogP) is 1.43. The Morgan fingerprint density at radius 3 is 2.88 bits per heavy atom. The molecule has 2 aromatic rings. The number of benzene rings is 1. The van der Waals surface area contributed by atoms with E-state index in [0.29, 0.717) is 6.04 Å². The smallest absolute Gasteiger partial charge is 0.147 e. The minimum Gasteiger partial charge on any atom is -0.354 e. The van der Waals surface area contributed by atoms with E-state index in [1.54, 1.807) is 0 Å². The fourth-order valence-corrected chi connectivity index (χ4v) is 2.27. The summed E-state index contributed by atoms with van der Waals surface area (Å²) in [6.07, 6.45) is 3.03. The van der Waals surface area contributed by atoms with Crippen LogP contribution in [0.15, 0.2) is 30.5 Å². The molecular weight excluding hydrogens is 212 g/mol. The quantitative estimate of drug-likeness (QED) is 0.844. The molecule has 0 spiro atoms. The van der Waals surface area contributed by atoms with E-state index in [1.165, 1.54) is 6.42 Å². The minimum atomic E-state index is 0.533. The number of aromatic nitrogens is 2. The lowest BCUT2D eigenvalue weighted by atomic mass is 10.2. The molecule has 0 aliphatic carbocycles. The average Bonchev–Trinajstić information content (AvgIpc) is 2.91. The first-order valence-corrected chi connectivity index (χ1v) is 6.00. The first-order chi connectivity index (χ1) is 8.34. The molecule has 0 amide bonds. The molecular formula is C13H16N4. The fourth-order valence-electron chi connectivity index (χ4n) is 2.27. The summed E-state index contributed by atoms with van der Waals surface area (Å²) in [4.78, 5) is 11.3. The Balaban J connectivity index is 1.94. The molecule has 17 heavy (non-hydrogen) atoms. The molecule has 4 heteroatoms. The van der Waals surface area contributed by atoms with E-state index in [2.05, 4.69) is 27.2 Å². The van der Waals surface area contributed by atoms with Crippen molar-refractivity contribution in [3.63, 3.8) is 0 Å². The zero-order chi connectivity index (χ0) is 11.7. The molecule has 1 N–H and O–H groups in total. The van der Waals surface area contributed by atoms with Crippen LogP contribution in [-0.4, -0.2) is 36.1 Å². The first kappa shape index (κ1) is 10.5. The monoisotopic (exact) mass is 228 g/mol. The number of anilines is 1. The third kappa shape index (κ3) is 1.96. The van der Waals surface area contributed by atoms with E-state index in [1.807, 2.05) is 30.5 Å². The molecule has 1 aliphatic rings. The van der Waals surface area contributed by atoms with E-state index in [-0.39, 0.29) is 0 Å². The molecule has 88 valence electrons. The van der Waals surface area contributed by atoms with Gasteiger partial charge in [0.2, 0.25) is 0 Å². The maximum absolute atomic E-state index is 4.66. The third-order valence-corrected chi connectivity index (χ3v) is 3.38. The summed E-state index contributed by atoms with van der Waals surface area (Å²) >= 11 is 0. The van der Waals surface area contributed by atoms with Crippen molar-refractivity contribution >= 4 is 16.9 Å². The Morgan fingerprint density at radius 2 is 2.12 bits per heavy atom. The molecule has 0 bridgehead atoms. The molecule has 4 nitrogen and oxygen atoms in total. The Kier molecular flexibility index (Phi) is 2.65. The molecule has 0 radical (unpaired) electrons. The van der Waals surface area contributed by atoms with Gasteiger partial charge in [0, 0.05) is 19.6 Å². The number of hydrogen-bond donors (Lipinski definition) is 1. The Bertz CT molecular complexity index is 520. The summed E-state index contributed by atoms with van der Waals surface area (Å²) in [5, 5.41) is 3.37. The number of likely N-dealkylation sites (N-methyl/N-ethyl adjacent to an activating group) is 1. The highest BCUT2D eigenvalue weighted by molar-refractivity contribution is 5.75. The number of nitrogens with zero attached hydrogens (tertiary/aromatic N) is 3. The van der Waals surface area contributed by atoms with Gasteiger partial charge in [0.25, 0.3) is 0 Å². The third-order valence-electron chi connectivity index (χ3n) is 3.38. The number of hydrogen-bond acceptors (Lipinski definition) is 4. The van der Waals surface area contributed by atoms with Crippen molar-refractivity contribution in [2.75, 3.05) is 25.0 Å². The summed E-state index contributed by atoms with van der Waals surface area (Å²) < 4.78 is 0. The number of rotatable bonds is 2. The highest BCUT2D eigenvalue weighted by Crippen LogP contribution is 2.18. The molecule has 3 rings (SSSR count). The van der Waals surface area contributed by atoms with Gasteiger partial charge in [0.1, 0.15) is 5.82 Å². The molecule has 0 saturated carbocycles. The van der Waals surface area contributed by atoms with Crippen molar-refractivity contribution in [3.8, 4) is 0 Å². The molecule has 1 aliphatic heterocycles. The molecule has 1 atom stereocenters. The van der Waals surface area contributed by atoms with E-state index in [0.717, 1.165) is 29.9 Å². The van der Waals surface area contributed by atoms with Crippen LogP contribution in [-0.2, 0) is 0 Å². The van der Waals surface area contributed by atoms with Crippen LogP contribution in [0.5, 0.6) is 0 Å². The lowest BCUT2D eigenvalue weighted by Gasteiger charge is -2.24. The summed E-state index contributed by atoms with van der Waals surface area (Å²) in [7, 11) is 2.09. The van der Waals surface area contributed by atoms with E-state index < -0.39 is 0 Å². The highest BCUT2D eigenvalue weighted by Gasteiger charge is 2.20. The van der Waals surface area contributed by atoms with Crippen LogP contribution in [0, 0.1) is 0 Å². The SMILES string of the molecule is CN(c1cnc2ccccc2n1)[C@@H]1CCNC1. The van der Waals surface area contributed by atoms with Crippen molar-refractivity contribution in [3.05, 3.63) is 30.5 Å². The molecule has 1 aromatic heterocycles. The number of fused-ring (bicyclic) bond motifs is 1. The summed E-state index contributed by atoms with van der Waals surface area (Å²) in [6, 6.07) is 8.51. The predicted molar refractivity (Wildman–Crippen MR) is 69.2 cm³/mol. The van der Waals surface area contributed by atoms with Gasteiger partial charge < -0.3 is 10.2 Å². The summed E-state index contributed by atoms with van der Waals surface area (Å²) in [6.45, 7) is 2.13. The second kappa shape index (κ2) is 4.30. The molecule has 0 unspecified atom stereocenters. The van der Waals surface area contributed by atoms with Gasteiger partial charge in [-0.2, -0.15) is 0 Å². The molecule has 1 aromatic carbocycles. The van der Waals surface area contributed by atoms with Crippen LogP contribution < -0.4 is 10.2 Å². The van der Waals surface area contributed by atoms with Crippen molar-refractivity contribution in [1.29, 1.82) is 0 Å². The second-order valence-corrected chi connectivity index (χ2v) is 4.47. The van der Waals surface area contributed by atoms with E-state index in [4.69, 9.17) is 0 Å². The highest BCUT2D eigenvalue weighted by atomic mass is 15.2. The topological polar surface area (TPSA) is 41.1 Å². The van der Waals surface area contributed by atoms with Crippen molar-refractivity contribution < 1.29 is 0 Å². The van der Waals surface area contributed by atoms with Gasteiger partial charge in [-0.1, -0.05) is 12.1 Å². The van der Waals surface area contributed by atoms with Crippen molar-refractivity contribution in [2.24, 2.45) is 0 Å². The van der Waals surface area contributed by atoms with Gasteiger partial charge in [-0.05, 0) is 25.1 Å². The Labute approximate surface area is 101 Å². The van der Waals surface area contributed by atoms with Crippen LogP contribution in [0.3, 0.4) is 0 Å². The normalized spacial score (nSPS) is 19.7. The number of nitrogens with one attached hydrogen (secondary N) is 1. The second-order valence-electron chi connectivity index (χ2n) is 4.47. The van der Waals surface area contributed by atoms with Gasteiger partial charge >= 0.3 is 0 Å². The zero-order valence-electron chi connectivity index (χ0n) is 9.93. The Hall–Kier alpha value is -1.68. The lowest BCUT2D eigenvalue weighted by Crippen LogP contribution is -2.33. The van der Waals surface area contributed by atoms with Crippen molar-refractivity contribution in [1.82, 2.24) is 15.3 Å². The van der Waals surface area contributed by atoms with Crippen molar-refractivity contribution in [2.45, 2.75) is 12.5 Å². The van der Waals surface area contributed by atoms with E-state index in [9.17, 15) is 0 Å². The van der Waals surface area contributed by atoms with Crippen LogP contribution in [0.25, 0.3) is 11.0 Å². The largest absolute Gasteiger partial charge is 0.354 e.